The number of hydrogen-bond acceptors (Lipinski definition) is 7. The molecule has 1 fully saturated rings. The molecular formula is C16H17N5O3. The first-order chi connectivity index (χ1) is 11.7. The van der Waals surface area contributed by atoms with E-state index in [0.29, 0.717) is 17.7 Å². The second kappa shape index (κ2) is 5.95. The fraction of sp³-hybridized carbons (Fsp3) is 0.375. The predicted molar refractivity (Wildman–Crippen MR) is 85.3 cm³/mol. The molecule has 1 N–H and O–H groups in total. The van der Waals surface area contributed by atoms with E-state index in [0.717, 1.165) is 30.5 Å². The monoisotopic (exact) mass is 327 g/mol. The number of benzene rings is 1. The number of hydrogen-bond donors (Lipinski definition) is 1. The van der Waals surface area contributed by atoms with Crippen molar-refractivity contribution in [2.75, 3.05) is 11.4 Å². The van der Waals surface area contributed by atoms with E-state index in [9.17, 15) is 4.79 Å². The molecule has 8 nitrogen and oxygen atoms in total. The van der Waals surface area contributed by atoms with E-state index in [1.54, 1.807) is 6.92 Å². The van der Waals surface area contributed by atoms with Gasteiger partial charge in [0.25, 0.3) is 6.01 Å². The van der Waals surface area contributed by atoms with Gasteiger partial charge in [0.1, 0.15) is 11.6 Å². The third-order valence-electron chi connectivity index (χ3n) is 4.07. The molecule has 1 aromatic carbocycles. The molecule has 1 aliphatic heterocycles. The maximum atomic E-state index is 12.5. The summed E-state index contributed by atoms with van der Waals surface area (Å²) >= 11 is 0. The molecule has 0 saturated carbocycles. The molecule has 1 saturated heterocycles. The van der Waals surface area contributed by atoms with Gasteiger partial charge in [-0.1, -0.05) is 17.3 Å². The van der Waals surface area contributed by atoms with Crippen molar-refractivity contribution in [2.45, 2.75) is 32.4 Å². The van der Waals surface area contributed by atoms with E-state index >= 15 is 0 Å². The first kappa shape index (κ1) is 14.7. The Balaban J connectivity index is 1.48. The third-order valence-corrected chi connectivity index (χ3v) is 4.07. The molecule has 0 unspecified atom stereocenters. The summed E-state index contributed by atoms with van der Waals surface area (Å²) in [6, 6.07) is 7.76. The fourth-order valence-corrected chi connectivity index (χ4v) is 2.94. The lowest BCUT2D eigenvalue weighted by atomic mass is 10.2. The van der Waals surface area contributed by atoms with Crippen LogP contribution in [0.5, 0.6) is 0 Å². The minimum absolute atomic E-state index is 0.0920. The molecule has 0 bridgehead atoms. The topological polar surface area (TPSA) is 97.3 Å². The average molecular weight is 327 g/mol. The molecule has 4 rings (SSSR count). The van der Waals surface area contributed by atoms with Crippen LogP contribution in [0.3, 0.4) is 0 Å². The molecule has 24 heavy (non-hydrogen) atoms. The third kappa shape index (κ3) is 2.70. The Morgan fingerprint density at radius 3 is 3.04 bits per heavy atom. The molecule has 0 aliphatic carbocycles. The van der Waals surface area contributed by atoms with Crippen LogP contribution in [0.15, 0.2) is 33.2 Å². The number of oxazole rings is 1. The van der Waals surface area contributed by atoms with Crippen molar-refractivity contribution in [2.24, 2.45) is 0 Å². The Kier molecular flexibility index (Phi) is 3.64. The number of carbonyl (C=O) groups excluding carboxylic acids is 1. The average Bonchev–Trinajstić information content (AvgIpc) is 3.30. The number of aromatic nitrogens is 3. The van der Waals surface area contributed by atoms with E-state index in [-0.39, 0.29) is 18.5 Å². The van der Waals surface area contributed by atoms with Gasteiger partial charge in [-0.15, -0.1) is 0 Å². The Hall–Kier alpha value is -2.90. The van der Waals surface area contributed by atoms with Crippen molar-refractivity contribution < 1.29 is 13.7 Å². The van der Waals surface area contributed by atoms with Crippen LogP contribution in [0.4, 0.5) is 6.01 Å². The van der Waals surface area contributed by atoms with Crippen molar-refractivity contribution in [1.82, 2.24) is 20.4 Å². The fourth-order valence-electron chi connectivity index (χ4n) is 2.94. The summed E-state index contributed by atoms with van der Waals surface area (Å²) in [6.07, 6.45) is 1.67. The van der Waals surface area contributed by atoms with Gasteiger partial charge in [-0.2, -0.15) is 9.97 Å². The number of aryl methyl sites for hydroxylation is 1. The van der Waals surface area contributed by atoms with E-state index in [1.165, 1.54) is 0 Å². The standard InChI is InChI=1S/C16H17N5O3/c1-10-18-14(24-20-10)9-17-15(22)12-6-4-8-21(12)16-19-11-5-2-3-7-13(11)23-16/h2-3,5,7,12H,4,6,8-9H2,1H3,(H,17,22)/t12-/m0/s1. The Morgan fingerprint density at radius 1 is 1.38 bits per heavy atom. The lowest BCUT2D eigenvalue weighted by Crippen LogP contribution is -2.43. The lowest BCUT2D eigenvalue weighted by molar-refractivity contribution is -0.122. The van der Waals surface area contributed by atoms with Gasteiger partial charge in [-0.05, 0) is 31.9 Å². The second-order valence-electron chi connectivity index (χ2n) is 5.77. The maximum absolute atomic E-state index is 12.5. The summed E-state index contributed by atoms with van der Waals surface area (Å²) in [6.45, 7) is 2.70. The maximum Gasteiger partial charge on any atom is 0.299 e. The summed E-state index contributed by atoms with van der Waals surface area (Å²) in [5.74, 6) is 0.853. The van der Waals surface area contributed by atoms with Crippen molar-refractivity contribution in [3.05, 3.63) is 36.0 Å². The molecule has 3 heterocycles. The highest BCUT2D eigenvalue weighted by atomic mass is 16.5. The molecular weight excluding hydrogens is 310 g/mol. The van der Waals surface area contributed by atoms with Crippen LogP contribution >= 0.6 is 0 Å². The predicted octanol–water partition coefficient (Wildman–Crippen LogP) is 1.80. The van der Waals surface area contributed by atoms with Crippen LogP contribution in [0.2, 0.25) is 0 Å². The van der Waals surface area contributed by atoms with Crippen molar-refractivity contribution in [3.8, 4) is 0 Å². The van der Waals surface area contributed by atoms with Crippen LogP contribution < -0.4 is 10.2 Å². The van der Waals surface area contributed by atoms with Gasteiger partial charge in [0.05, 0.1) is 6.54 Å². The molecule has 1 amide bonds. The van der Waals surface area contributed by atoms with Crippen LogP contribution in [-0.2, 0) is 11.3 Å². The number of carbonyl (C=O) groups is 1. The van der Waals surface area contributed by atoms with Gasteiger partial charge in [0.15, 0.2) is 11.4 Å². The Morgan fingerprint density at radius 2 is 2.25 bits per heavy atom. The highest BCUT2D eigenvalue weighted by Crippen LogP contribution is 2.28. The van der Waals surface area contributed by atoms with Gasteiger partial charge < -0.3 is 19.2 Å². The van der Waals surface area contributed by atoms with Gasteiger partial charge in [-0.25, -0.2) is 0 Å². The first-order valence-corrected chi connectivity index (χ1v) is 7.90. The number of anilines is 1. The number of nitrogens with zero attached hydrogens (tertiary/aromatic N) is 4. The van der Waals surface area contributed by atoms with E-state index in [2.05, 4.69) is 20.4 Å². The Bertz CT molecular complexity index is 838. The van der Waals surface area contributed by atoms with Crippen molar-refractivity contribution in [3.63, 3.8) is 0 Å². The van der Waals surface area contributed by atoms with Crippen LogP contribution in [0, 0.1) is 6.92 Å². The molecule has 124 valence electrons. The minimum atomic E-state index is -0.304. The first-order valence-electron chi connectivity index (χ1n) is 7.90. The normalized spacial score (nSPS) is 17.5. The van der Waals surface area contributed by atoms with Crippen LogP contribution in [-0.4, -0.2) is 33.6 Å². The highest BCUT2D eigenvalue weighted by molar-refractivity contribution is 5.85. The molecule has 8 heteroatoms. The quantitative estimate of drug-likeness (QED) is 0.780. The van der Waals surface area contributed by atoms with Gasteiger partial charge in [0.2, 0.25) is 11.8 Å². The number of nitrogens with one attached hydrogen (secondary N) is 1. The Labute approximate surface area is 137 Å². The highest BCUT2D eigenvalue weighted by Gasteiger charge is 2.33. The summed E-state index contributed by atoms with van der Waals surface area (Å²) in [5, 5.41) is 6.55. The largest absolute Gasteiger partial charge is 0.423 e. The molecule has 1 atom stereocenters. The van der Waals surface area contributed by atoms with E-state index in [4.69, 9.17) is 8.94 Å². The number of fused-ring (bicyclic) bond motifs is 1. The van der Waals surface area contributed by atoms with Crippen molar-refractivity contribution >= 4 is 23.0 Å². The second-order valence-corrected chi connectivity index (χ2v) is 5.77. The SMILES string of the molecule is Cc1noc(CNC(=O)[C@@H]2CCCN2c2nc3ccccc3o2)n1. The number of para-hydroxylation sites is 2. The van der Waals surface area contributed by atoms with Gasteiger partial charge in [-0.3, -0.25) is 4.79 Å². The smallest absolute Gasteiger partial charge is 0.299 e. The summed E-state index contributed by atoms with van der Waals surface area (Å²) in [5.41, 5.74) is 1.51. The molecule has 0 radical (unpaired) electrons. The van der Waals surface area contributed by atoms with Crippen molar-refractivity contribution in [1.29, 1.82) is 0 Å². The van der Waals surface area contributed by atoms with E-state index < -0.39 is 0 Å². The molecule has 0 spiro atoms. The minimum Gasteiger partial charge on any atom is -0.423 e. The number of rotatable bonds is 4. The summed E-state index contributed by atoms with van der Waals surface area (Å²) in [7, 11) is 0. The zero-order valence-electron chi connectivity index (χ0n) is 13.2. The molecule has 1 aliphatic rings. The lowest BCUT2D eigenvalue weighted by Gasteiger charge is -2.21. The van der Waals surface area contributed by atoms with E-state index in [1.807, 2.05) is 29.2 Å². The zero-order valence-corrected chi connectivity index (χ0v) is 13.2. The molecule has 3 aromatic rings. The van der Waals surface area contributed by atoms with Crippen LogP contribution in [0.1, 0.15) is 24.6 Å². The molecule has 2 aromatic heterocycles. The number of amides is 1. The van der Waals surface area contributed by atoms with Gasteiger partial charge in [0, 0.05) is 6.54 Å². The van der Waals surface area contributed by atoms with Crippen LogP contribution in [0.25, 0.3) is 11.1 Å². The van der Waals surface area contributed by atoms with Gasteiger partial charge >= 0.3 is 0 Å². The summed E-state index contributed by atoms with van der Waals surface area (Å²) in [4.78, 5) is 23.0. The zero-order chi connectivity index (χ0) is 16.5. The summed E-state index contributed by atoms with van der Waals surface area (Å²) < 4.78 is 10.8.